The number of amides is 2. The maximum atomic E-state index is 14.2. The lowest BCUT2D eigenvalue weighted by Gasteiger charge is -2.44. The summed E-state index contributed by atoms with van der Waals surface area (Å²) in [5.74, 6) is -0.784. The number of nitrogens with one attached hydrogen (secondary N) is 1. The predicted octanol–water partition coefficient (Wildman–Crippen LogP) is 4.36. The highest BCUT2D eigenvalue weighted by molar-refractivity contribution is 5.98. The Bertz CT molecular complexity index is 836. The van der Waals surface area contributed by atoms with Gasteiger partial charge in [0.15, 0.2) is 5.76 Å². The van der Waals surface area contributed by atoms with E-state index in [1.54, 1.807) is 23.1 Å². The molecular weight excluding hydrogens is 433 g/mol. The summed E-state index contributed by atoms with van der Waals surface area (Å²) in [4.78, 5) is 30.1. The van der Waals surface area contributed by atoms with Crippen molar-refractivity contribution >= 4 is 17.9 Å². The largest absolute Gasteiger partial charge is 0.482 e. The van der Waals surface area contributed by atoms with Crippen molar-refractivity contribution in [2.24, 2.45) is 0 Å². The molecule has 1 aliphatic heterocycles. The molecule has 6 nitrogen and oxygen atoms in total. The van der Waals surface area contributed by atoms with E-state index in [0.29, 0.717) is 12.1 Å². The van der Waals surface area contributed by atoms with Crippen LogP contribution >= 0.6 is 0 Å². The summed E-state index contributed by atoms with van der Waals surface area (Å²) < 4.78 is 20.2. The van der Waals surface area contributed by atoms with E-state index >= 15 is 0 Å². The van der Waals surface area contributed by atoms with Gasteiger partial charge in [-0.3, -0.25) is 9.59 Å². The predicted molar refractivity (Wildman–Crippen MR) is 132 cm³/mol. The minimum Gasteiger partial charge on any atom is -0.482 e. The zero-order chi connectivity index (χ0) is 24.3. The lowest BCUT2D eigenvalue weighted by atomic mass is 9.89. The fraction of sp³-hybridized carbons (Fsp3) is 0.630. The number of benzene rings is 1. The minimum absolute atomic E-state index is 0.00188. The van der Waals surface area contributed by atoms with Gasteiger partial charge in [0.2, 0.25) is 5.91 Å². The van der Waals surface area contributed by atoms with E-state index in [1.165, 1.54) is 12.1 Å². The molecule has 1 aromatic carbocycles. The first kappa shape index (κ1) is 26.2. The van der Waals surface area contributed by atoms with Crippen LogP contribution in [0, 0.1) is 5.82 Å². The fourth-order valence-electron chi connectivity index (χ4n) is 4.76. The molecule has 2 amide bonds. The molecule has 3 rings (SSSR count). The summed E-state index contributed by atoms with van der Waals surface area (Å²) in [6, 6.07) is 6.20. The zero-order valence-corrected chi connectivity index (χ0v) is 20.7. The average molecular weight is 474 g/mol. The number of hydrogen-bond acceptors (Lipinski definition) is 4. The van der Waals surface area contributed by atoms with Crippen LogP contribution < -0.4 is 5.32 Å². The van der Waals surface area contributed by atoms with E-state index in [-0.39, 0.29) is 36.3 Å². The topological polar surface area (TPSA) is 61.9 Å². The van der Waals surface area contributed by atoms with Gasteiger partial charge in [0.25, 0.3) is 5.91 Å². The monoisotopic (exact) mass is 473 g/mol. The SMILES string of the molecule is CCCCN(CCCC)CCNC(=O)CN1C(=O)/C(=C/c2ccccc2F)OC2CCCCC21. The number of nitrogens with zero attached hydrogens (tertiary/aromatic N) is 2. The van der Waals surface area contributed by atoms with Crippen LogP contribution in [0.4, 0.5) is 4.39 Å². The summed E-state index contributed by atoms with van der Waals surface area (Å²) >= 11 is 0. The number of ether oxygens (including phenoxy) is 1. The summed E-state index contributed by atoms with van der Waals surface area (Å²) in [7, 11) is 0. The molecule has 188 valence electrons. The third kappa shape index (κ3) is 7.29. The molecule has 0 spiro atoms. The quantitative estimate of drug-likeness (QED) is 0.459. The normalized spacial score (nSPS) is 21.5. The van der Waals surface area contributed by atoms with Crippen molar-refractivity contribution < 1.29 is 18.7 Å². The molecule has 0 radical (unpaired) electrons. The zero-order valence-electron chi connectivity index (χ0n) is 20.7. The van der Waals surface area contributed by atoms with Crippen LogP contribution in [-0.2, 0) is 14.3 Å². The van der Waals surface area contributed by atoms with Gasteiger partial charge >= 0.3 is 0 Å². The van der Waals surface area contributed by atoms with Crippen LogP contribution in [0.15, 0.2) is 30.0 Å². The van der Waals surface area contributed by atoms with Gasteiger partial charge in [-0.25, -0.2) is 4.39 Å². The van der Waals surface area contributed by atoms with E-state index in [4.69, 9.17) is 4.74 Å². The Balaban J connectivity index is 1.63. The van der Waals surface area contributed by atoms with Crippen LogP contribution in [0.2, 0.25) is 0 Å². The van der Waals surface area contributed by atoms with Gasteiger partial charge in [-0.1, -0.05) is 51.3 Å². The summed E-state index contributed by atoms with van der Waals surface area (Å²) in [6.07, 6.45) is 9.59. The Hall–Kier alpha value is -2.41. The van der Waals surface area contributed by atoms with Crippen molar-refractivity contribution in [3.63, 3.8) is 0 Å². The minimum atomic E-state index is -0.405. The molecule has 2 fully saturated rings. The van der Waals surface area contributed by atoms with E-state index in [9.17, 15) is 14.0 Å². The molecular formula is C27H40FN3O3. The van der Waals surface area contributed by atoms with E-state index in [1.807, 2.05) is 0 Å². The Morgan fingerprint density at radius 3 is 2.56 bits per heavy atom. The van der Waals surface area contributed by atoms with Gasteiger partial charge in [-0.15, -0.1) is 0 Å². The number of hydrogen-bond donors (Lipinski definition) is 1. The molecule has 1 aliphatic carbocycles. The van der Waals surface area contributed by atoms with Crippen molar-refractivity contribution in [3.05, 3.63) is 41.4 Å². The van der Waals surface area contributed by atoms with Crippen molar-refractivity contribution in [2.45, 2.75) is 77.4 Å². The Morgan fingerprint density at radius 2 is 1.85 bits per heavy atom. The molecule has 34 heavy (non-hydrogen) atoms. The summed E-state index contributed by atoms with van der Waals surface area (Å²) in [6.45, 7) is 7.84. The molecule has 2 unspecified atom stereocenters. The van der Waals surface area contributed by atoms with Crippen molar-refractivity contribution in [1.29, 1.82) is 0 Å². The summed E-state index contributed by atoms with van der Waals surface area (Å²) in [5, 5.41) is 3.01. The maximum absolute atomic E-state index is 14.2. The number of fused-ring (bicyclic) bond motifs is 1. The number of halogens is 1. The van der Waals surface area contributed by atoms with E-state index in [0.717, 1.165) is 71.0 Å². The molecule has 2 atom stereocenters. The highest BCUT2D eigenvalue weighted by Crippen LogP contribution is 2.33. The van der Waals surface area contributed by atoms with Gasteiger partial charge in [-0.05, 0) is 57.3 Å². The molecule has 0 bridgehead atoms. The first-order valence-electron chi connectivity index (χ1n) is 13.0. The number of rotatable bonds is 12. The van der Waals surface area contributed by atoms with Crippen molar-refractivity contribution in [2.75, 3.05) is 32.7 Å². The van der Waals surface area contributed by atoms with Crippen LogP contribution in [0.3, 0.4) is 0 Å². The van der Waals surface area contributed by atoms with Crippen LogP contribution in [-0.4, -0.2) is 66.5 Å². The molecule has 1 aromatic rings. The molecule has 1 saturated heterocycles. The number of morpholine rings is 1. The Labute approximate surface area is 203 Å². The lowest BCUT2D eigenvalue weighted by molar-refractivity contribution is -0.151. The van der Waals surface area contributed by atoms with Gasteiger partial charge in [0.1, 0.15) is 18.5 Å². The number of unbranched alkanes of at least 4 members (excludes halogenated alkanes) is 2. The molecule has 0 aromatic heterocycles. The van der Waals surface area contributed by atoms with Crippen LogP contribution in [0.1, 0.15) is 70.8 Å². The van der Waals surface area contributed by atoms with Crippen molar-refractivity contribution in [1.82, 2.24) is 15.1 Å². The van der Waals surface area contributed by atoms with Crippen LogP contribution in [0.5, 0.6) is 0 Å². The molecule has 2 aliphatic rings. The van der Waals surface area contributed by atoms with Gasteiger partial charge in [0, 0.05) is 18.7 Å². The number of carbonyl (C=O) groups excluding carboxylic acids is 2. The molecule has 1 N–H and O–H groups in total. The van der Waals surface area contributed by atoms with E-state index in [2.05, 4.69) is 24.1 Å². The third-order valence-corrected chi connectivity index (χ3v) is 6.73. The second-order valence-electron chi connectivity index (χ2n) is 9.37. The molecule has 1 saturated carbocycles. The molecule has 1 heterocycles. The second-order valence-corrected chi connectivity index (χ2v) is 9.37. The van der Waals surface area contributed by atoms with Crippen LogP contribution in [0.25, 0.3) is 6.08 Å². The fourth-order valence-corrected chi connectivity index (χ4v) is 4.76. The number of carbonyl (C=O) groups is 2. The second kappa shape index (κ2) is 13.5. The Kier molecular flexibility index (Phi) is 10.4. The highest BCUT2D eigenvalue weighted by atomic mass is 19.1. The third-order valence-electron chi connectivity index (χ3n) is 6.73. The van der Waals surface area contributed by atoms with Gasteiger partial charge < -0.3 is 19.9 Å². The Morgan fingerprint density at radius 1 is 1.15 bits per heavy atom. The first-order chi connectivity index (χ1) is 16.5. The van der Waals surface area contributed by atoms with E-state index < -0.39 is 5.82 Å². The average Bonchev–Trinajstić information content (AvgIpc) is 2.84. The first-order valence-corrected chi connectivity index (χ1v) is 13.0. The standard InChI is InChI=1S/C27H40FN3O3/c1-3-5-16-30(17-6-4-2)18-15-29-26(32)20-31-23-13-9-10-14-24(23)34-25(27(31)33)19-21-11-7-8-12-22(21)28/h7-8,11-12,19,23-24H,3-6,9-10,13-18,20H2,1-2H3,(H,29,32)/b25-19-. The van der Waals surface area contributed by atoms with Gasteiger partial charge in [0.05, 0.1) is 6.04 Å². The lowest BCUT2D eigenvalue weighted by Crippen LogP contribution is -2.57. The highest BCUT2D eigenvalue weighted by Gasteiger charge is 2.42. The van der Waals surface area contributed by atoms with Crippen molar-refractivity contribution in [3.8, 4) is 0 Å². The maximum Gasteiger partial charge on any atom is 0.289 e. The van der Waals surface area contributed by atoms with Gasteiger partial charge in [-0.2, -0.15) is 0 Å². The summed E-state index contributed by atoms with van der Waals surface area (Å²) in [5.41, 5.74) is 0.309. The molecule has 7 heteroatoms. The smallest absolute Gasteiger partial charge is 0.289 e.